The minimum absolute atomic E-state index is 0.0939. The Hall–Kier alpha value is -3.73. The molecule has 2 amide bonds. The Labute approximate surface area is 300 Å². The number of hydrogen-bond donors (Lipinski definition) is 1. The van der Waals surface area contributed by atoms with E-state index in [9.17, 15) is 22.4 Å². The molecule has 5 heterocycles. The van der Waals surface area contributed by atoms with Crippen molar-refractivity contribution in [3.8, 4) is 11.6 Å². The van der Waals surface area contributed by atoms with E-state index in [-0.39, 0.29) is 65.0 Å². The highest BCUT2D eigenvalue weighted by Crippen LogP contribution is 2.44. The first kappa shape index (κ1) is 37.0. The number of ether oxygens (including phenoxy) is 1. The van der Waals surface area contributed by atoms with E-state index >= 15 is 0 Å². The van der Waals surface area contributed by atoms with Crippen LogP contribution in [0.3, 0.4) is 0 Å². The summed E-state index contributed by atoms with van der Waals surface area (Å²) in [5.41, 5.74) is 0.242. The fourth-order valence-corrected chi connectivity index (χ4v) is 9.81. The number of halogens is 1. The number of nitrogens with zero attached hydrogens (tertiary/aromatic N) is 8. The number of benzene rings is 1. The number of likely N-dealkylation sites (tertiary alicyclic amines) is 1. The molecule has 1 aromatic heterocycles. The predicted molar refractivity (Wildman–Crippen MR) is 190 cm³/mol. The SMILES string of the molecule is C=CC(=O)N[C@@H]1CCN(S(=O)(=O)N2CC[C@@H](CN3CCC4(CC3)CN(c3ncnnc3Oc3ccc(F)cc3C(=O)N(C(C)C)C(C)C)C4)C2)C1. The lowest BCUT2D eigenvalue weighted by atomic mass is 9.72. The van der Waals surface area contributed by atoms with E-state index in [0.717, 1.165) is 52.0 Å². The molecule has 4 fully saturated rings. The van der Waals surface area contributed by atoms with Crippen LogP contribution in [0.25, 0.3) is 0 Å². The minimum Gasteiger partial charge on any atom is -0.434 e. The summed E-state index contributed by atoms with van der Waals surface area (Å²) in [6.07, 6.45) is 6.03. The van der Waals surface area contributed by atoms with Crippen molar-refractivity contribution in [1.29, 1.82) is 0 Å². The molecule has 16 heteroatoms. The average molecular weight is 728 g/mol. The van der Waals surface area contributed by atoms with Gasteiger partial charge in [0.05, 0.1) is 5.56 Å². The Morgan fingerprint density at radius 2 is 1.76 bits per heavy atom. The summed E-state index contributed by atoms with van der Waals surface area (Å²) in [7, 11) is -3.57. The highest BCUT2D eigenvalue weighted by Gasteiger charge is 2.47. The molecule has 4 aliphatic rings. The molecule has 0 unspecified atom stereocenters. The predicted octanol–water partition coefficient (Wildman–Crippen LogP) is 2.91. The van der Waals surface area contributed by atoms with Crippen molar-refractivity contribution >= 4 is 27.8 Å². The maximum absolute atomic E-state index is 14.4. The molecular formula is C35H50FN9O5S. The molecule has 2 atom stereocenters. The van der Waals surface area contributed by atoms with Crippen molar-refractivity contribution < 1.29 is 27.1 Å². The largest absolute Gasteiger partial charge is 0.434 e. The molecule has 1 aromatic carbocycles. The van der Waals surface area contributed by atoms with Gasteiger partial charge < -0.3 is 24.8 Å². The van der Waals surface area contributed by atoms with Crippen molar-refractivity contribution in [2.45, 2.75) is 71.5 Å². The molecule has 4 aliphatic heterocycles. The number of carbonyl (C=O) groups excluding carboxylic acids is 2. The summed E-state index contributed by atoms with van der Waals surface area (Å²) >= 11 is 0. The van der Waals surface area contributed by atoms with Crippen LogP contribution in [0.1, 0.15) is 63.7 Å². The molecular weight excluding hydrogens is 678 g/mol. The van der Waals surface area contributed by atoms with Gasteiger partial charge in [-0.3, -0.25) is 9.59 Å². The smallest absolute Gasteiger partial charge is 0.282 e. The highest BCUT2D eigenvalue weighted by molar-refractivity contribution is 7.86. The van der Waals surface area contributed by atoms with Crippen molar-refractivity contribution in [2.75, 3.05) is 63.8 Å². The van der Waals surface area contributed by atoms with E-state index in [0.29, 0.717) is 31.9 Å². The second kappa shape index (κ2) is 15.1. The van der Waals surface area contributed by atoms with E-state index in [1.807, 2.05) is 27.7 Å². The fraction of sp³-hybridized carbons (Fsp3) is 0.629. The van der Waals surface area contributed by atoms with Gasteiger partial charge in [-0.15, -0.1) is 10.2 Å². The second-order valence-electron chi connectivity index (χ2n) is 15.0. The molecule has 51 heavy (non-hydrogen) atoms. The molecule has 6 rings (SSSR count). The van der Waals surface area contributed by atoms with Gasteiger partial charge >= 0.3 is 0 Å². The van der Waals surface area contributed by atoms with Gasteiger partial charge in [0.25, 0.3) is 22.0 Å². The Morgan fingerprint density at radius 1 is 1.08 bits per heavy atom. The van der Waals surface area contributed by atoms with Crippen LogP contribution in [0.2, 0.25) is 0 Å². The van der Waals surface area contributed by atoms with Gasteiger partial charge in [-0.2, -0.15) is 17.0 Å². The van der Waals surface area contributed by atoms with Crippen LogP contribution in [0.4, 0.5) is 10.2 Å². The van der Waals surface area contributed by atoms with Gasteiger partial charge in [0.2, 0.25) is 5.91 Å². The molecule has 2 aromatic rings. The quantitative estimate of drug-likeness (QED) is 0.324. The van der Waals surface area contributed by atoms with Crippen LogP contribution in [-0.2, 0) is 15.0 Å². The Kier molecular flexibility index (Phi) is 11.0. The van der Waals surface area contributed by atoms with E-state index in [2.05, 4.69) is 36.9 Å². The fourth-order valence-electron chi connectivity index (χ4n) is 8.05. The zero-order valence-electron chi connectivity index (χ0n) is 30.0. The van der Waals surface area contributed by atoms with Gasteiger partial charge in [-0.1, -0.05) is 6.58 Å². The summed E-state index contributed by atoms with van der Waals surface area (Å²) in [6.45, 7) is 17.1. The van der Waals surface area contributed by atoms with Gasteiger partial charge in [-0.05, 0) is 96.7 Å². The van der Waals surface area contributed by atoms with E-state index in [1.54, 1.807) is 9.21 Å². The zero-order valence-corrected chi connectivity index (χ0v) is 30.8. The Morgan fingerprint density at radius 3 is 2.45 bits per heavy atom. The number of amides is 2. The van der Waals surface area contributed by atoms with Crippen LogP contribution < -0.4 is 15.0 Å². The average Bonchev–Trinajstić information content (AvgIpc) is 3.76. The molecule has 278 valence electrons. The first-order valence-corrected chi connectivity index (χ1v) is 19.3. The van der Waals surface area contributed by atoms with Crippen LogP contribution in [-0.4, -0.2) is 131 Å². The number of piperidine rings is 1. The number of hydrogen-bond acceptors (Lipinski definition) is 10. The van der Waals surface area contributed by atoms with Gasteiger partial charge in [0.1, 0.15) is 17.9 Å². The topological polar surface area (TPSA) is 144 Å². The van der Waals surface area contributed by atoms with Crippen molar-refractivity contribution in [1.82, 2.24) is 38.9 Å². The summed E-state index contributed by atoms with van der Waals surface area (Å²) < 4.78 is 50.4. The highest BCUT2D eigenvalue weighted by atomic mass is 32.2. The third kappa shape index (κ3) is 8.03. The maximum Gasteiger partial charge on any atom is 0.282 e. The standard InChI is InChI=1S/C35H50FN9O5S/c1-6-31(46)39-28-10-14-44(20-28)51(48,49)43-13-9-26(19-43)18-41-15-11-35(12-16-41)21-42(22-35)32-33(40-38-23-37-32)50-30-8-7-27(36)17-29(30)34(47)45(24(2)3)25(4)5/h6-8,17,23-26,28H,1,9-16,18-22H2,2-5H3,(H,39,46)/t26-,28+/m0/s1. The first-order valence-electron chi connectivity index (χ1n) is 17.9. The van der Waals surface area contributed by atoms with Gasteiger partial charge in [0.15, 0.2) is 5.82 Å². The number of nitrogens with one attached hydrogen (secondary N) is 1. The Bertz CT molecular complexity index is 1700. The third-order valence-electron chi connectivity index (χ3n) is 10.7. The number of carbonyl (C=O) groups is 2. The number of aromatic nitrogens is 3. The van der Waals surface area contributed by atoms with Crippen molar-refractivity contribution in [3.05, 3.63) is 48.6 Å². The number of rotatable bonds is 12. The molecule has 14 nitrogen and oxygen atoms in total. The lowest BCUT2D eigenvalue weighted by Gasteiger charge is -2.54. The van der Waals surface area contributed by atoms with E-state index in [1.165, 1.54) is 34.9 Å². The summed E-state index contributed by atoms with van der Waals surface area (Å²) in [6, 6.07) is 3.52. The number of anilines is 1. The zero-order chi connectivity index (χ0) is 36.5. The minimum atomic E-state index is -3.57. The van der Waals surface area contributed by atoms with Crippen LogP contribution >= 0.6 is 0 Å². The third-order valence-corrected chi connectivity index (χ3v) is 12.6. The molecule has 1 N–H and O–H groups in total. The second-order valence-corrected chi connectivity index (χ2v) is 16.9. The molecule has 4 saturated heterocycles. The normalized spacial score (nSPS) is 22.8. The van der Waals surface area contributed by atoms with Crippen LogP contribution in [0.5, 0.6) is 11.6 Å². The van der Waals surface area contributed by atoms with E-state index in [4.69, 9.17) is 4.74 Å². The molecule has 0 aliphatic carbocycles. The van der Waals surface area contributed by atoms with Crippen LogP contribution in [0.15, 0.2) is 37.2 Å². The molecule has 0 saturated carbocycles. The van der Waals surface area contributed by atoms with Crippen molar-refractivity contribution in [3.63, 3.8) is 0 Å². The van der Waals surface area contributed by atoms with Crippen molar-refractivity contribution in [2.24, 2.45) is 11.3 Å². The van der Waals surface area contributed by atoms with Crippen LogP contribution in [0, 0.1) is 17.2 Å². The van der Waals surface area contributed by atoms with Gasteiger partial charge in [-0.25, -0.2) is 9.37 Å². The Balaban J connectivity index is 1.01. The lowest BCUT2D eigenvalue weighted by molar-refractivity contribution is -0.117. The lowest BCUT2D eigenvalue weighted by Crippen LogP contribution is -2.61. The summed E-state index contributed by atoms with van der Waals surface area (Å²) in [4.78, 5) is 36.0. The molecule has 0 bridgehead atoms. The summed E-state index contributed by atoms with van der Waals surface area (Å²) in [5.74, 6) is 0.0182. The van der Waals surface area contributed by atoms with Gasteiger partial charge in [0, 0.05) is 69.4 Å². The molecule has 0 radical (unpaired) electrons. The molecule has 1 spiro atoms. The maximum atomic E-state index is 14.4. The summed E-state index contributed by atoms with van der Waals surface area (Å²) in [5, 5.41) is 11.0. The van der Waals surface area contributed by atoms with E-state index < -0.39 is 16.0 Å². The monoisotopic (exact) mass is 727 g/mol. The first-order chi connectivity index (χ1) is 24.3.